The van der Waals surface area contributed by atoms with Crippen LogP contribution in [0.3, 0.4) is 0 Å². The predicted octanol–water partition coefficient (Wildman–Crippen LogP) is 4.39. The van der Waals surface area contributed by atoms with Crippen LogP contribution in [-0.4, -0.2) is 24.9 Å². The van der Waals surface area contributed by atoms with Gasteiger partial charge in [-0.15, -0.1) is 0 Å². The number of benzene rings is 2. The number of carbonyl (C=O) groups excluding carboxylic acids is 1. The SMILES string of the molecule is CN(C)Cc1ccc(-c2ccccc2CNC(=O)[C@H]2CC=CCC2)cc1. The molecule has 0 fully saturated rings. The maximum atomic E-state index is 12.4. The van der Waals surface area contributed by atoms with Gasteiger partial charge < -0.3 is 10.2 Å². The smallest absolute Gasteiger partial charge is 0.223 e. The second-order valence-corrected chi connectivity index (χ2v) is 7.29. The molecule has 1 atom stereocenters. The van der Waals surface area contributed by atoms with E-state index in [1.165, 1.54) is 16.7 Å². The number of allylic oxidation sites excluding steroid dienone is 2. The molecular formula is C23H28N2O. The maximum Gasteiger partial charge on any atom is 0.223 e. The lowest BCUT2D eigenvalue weighted by Gasteiger charge is -2.18. The first kappa shape index (κ1) is 18.4. The van der Waals surface area contributed by atoms with Gasteiger partial charge in [0.15, 0.2) is 0 Å². The van der Waals surface area contributed by atoms with Gasteiger partial charge in [0.1, 0.15) is 0 Å². The molecule has 0 heterocycles. The van der Waals surface area contributed by atoms with Crippen LogP contribution in [0.25, 0.3) is 11.1 Å². The first-order valence-corrected chi connectivity index (χ1v) is 9.38. The molecule has 3 nitrogen and oxygen atoms in total. The van der Waals surface area contributed by atoms with E-state index in [1.807, 2.05) is 6.07 Å². The molecule has 3 heteroatoms. The van der Waals surface area contributed by atoms with Crippen LogP contribution in [0.2, 0.25) is 0 Å². The molecule has 2 aromatic carbocycles. The summed E-state index contributed by atoms with van der Waals surface area (Å²) in [5, 5.41) is 3.14. The van der Waals surface area contributed by atoms with E-state index in [1.54, 1.807) is 0 Å². The molecule has 136 valence electrons. The Morgan fingerprint density at radius 1 is 1.08 bits per heavy atom. The molecule has 0 bridgehead atoms. The molecule has 0 aliphatic heterocycles. The largest absolute Gasteiger partial charge is 0.352 e. The number of nitrogens with one attached hydrogen (secondary N) is 1. The quantitative estimate of drug-likeness (QED) is 0.785. The number of hydrogen-bond donors (Lipinski definition) is 1. The van der Waals surface area contributed by atoms with Crippen LogP contribution in [0, 0.1) is 5.92 Å². The molecule has 0 radical (unpaired) electrons. The minimum absolute atomic E-state index is 0.123. The summed E-state index contributed by atoms with van der Waals surface area (Å²) < 4.78 is 0. The number of amides is 1. The molecular weight excluding hydrogens is 320 g/mol. The van der Waals surface area contributed by atoms with E-state index in [-0.39, 0.29) is 11.8 Å². The van der Waals surface area contributed by atoms with Gasteiger partial charge in [-0.1, -0.05) is 60.7 Å². The van der Waals surface area contributed by atoms with Crippen LogP contribution in [-0.2, 0) is 17.9 Å². The lowest BCUT2D eigenvalue weighted by atomic mass is 9.93. The molecule has 1 aliphatic rings. The summed E-state index contributed by atoms with van der Waals surface area (Å²) in [5.41, 5.74) is 4.84. The normalized spacial score (nSPS) is 16.7. The summed E-state index contributed by atoms with van der Waals surface area (Å²) in [6, 6.07) is 17.0. The van der Waals surface area contributed by atoms with Gasteiger partial charge in [-0.3, -0.25) is 4.79 Å². The van der Waals surface area contributed by atoms with E-state index >= 15 is 0 Å². The van der Waals surface area contributed by atoms with Crippen molar-refractivity contribution in [3.8, 4) is 11.1 Å². The number of hydrogen-bond acceptors (Lipinski definition) is 2. The Morgan fingerprint density at radius 2 is 1.85 bits per heavy atom. The Balaban J connectivity index is 1.69. The van der Waals surface area contributed by atoms with Gasteiger partial charge in [0, 0.05) is 19.0 Å². The van der Waals surface area contributed by atoms with Crippen LogP contribution in [0.15, 0.2) is 60.7 Å². The van der Waals surface area contributed by atoms with Crippen molar-refractivity contribution in [1.29, 1.82) is 0 Å². The van der Waals surface area contributed by atoms with Crippen molar-refractivity contribution in [2.24, 2.45) is 5.92 Å². The number of nitrogens with zero attached hydrogens (tertiary/aromatic N) is 1. The van der Waals surface area contributed by atoms with Gasteiger partial charge in [0.25, 0.3) is 0 Å². The van der Waals surface area contributed by atoms with E-state index in [2.05, 4.69) is 78.9 Å². The second kappa shape index (κ2) is 8.81. The van der Waals surface area contributed by atoms with Crippen LogP contribution < -0.4 is 5.32 Å². The van der Waals surface area contributed by atoms with E-state index in [0.29, 0.717) is 6.54 Å². The summed E-state index contributed by atoms with van der Waals surface area (Å²) >= 11 is 0. The van der Waals surface area contributed by atoms with Crippen LogP contribution in [0.1, 0.15) is 30.4 Å². The fourth-order valence-corrected chi connectivity index (χ4v) is 3.47. The third kappa shape index (κ3) is 4.83. The average molecular weight is 348 g/mol. The zero-order valence-electron chi connectivity index (χ0n) is 15.7. The summed E-state index contributed by atoms with van der Waals surface area (Å²) in [4.78, 5) is 14.6. The minimum atomic E-state index is 0.123. The molecule has 2 aromatic rings. The minimum Gasteiger partial charge on any atom is -0.352 e. The standard InChI is InChI=1S/C23H28N2O/c1-25(2)17-18-12-14-19(15-13-18)22-11-7-6-10-21(22)16-24-23(26)20-8-4-3-5-9-20/h3-4,6-7,10-15,20H,5,8-9,16-17H2,1-2H3,(H,24,26)/t20-/m0/s1. The Kier molecular flexibility index (Phi) is 6.24. The molecule has 1 aliphatic carbocycles. The molecule has 0 spiro atoms. The molecule has 0 saturated carbocycles. The molecule has 1 N–H and O–H groups in total. The van der Waals surface area contributed by atoms with Gasteiger partial charge in [-0.25, -0.2) is 0 Å². The average Bonchev–Trinajstić information content (AvgIpc) is 2.67. The highest BCUT2D eigenvalue weighted by molar-refractivity contribution is 5.79. The Labute approximate surface area is 156 Å². The van der Waals surface area contributed by atoms with Crippen LogP contribution in [0.5, 0.6) is 0 Å². The van der Waals surface area contributed by atoms with Crippen molar-refractivity contribution in [3.63, 3.8) is 0 Å². The lowest BCUT2D eigenvalue weighted by molar-refractivity contribution is -0.125. The Hall–Kier alpha value is -2.39. The fraction of sp³-hybridized carbons (Fsp3) is 0.348. The van der Waals surface area contributed by atoms with Gasteiger partial charge in [0.2, 0.25) is 5.91 Å². The topological polar surface area (TPSA) is 32.3 Å². The molecule has 26 heavy (non-hydrogen) atoms. The van der Waals surface area contributed by atoms with Crippen molar-refractivity contribution < 1.29 is 4.79 Å². The molecule has 0 unspecified atom stereocenters. The van der Waals surface area contributed by atoms with E-state index in [9.17, 15) is 4.79 Å². The monoisotopic (exact) mass is 348 g/mol. The highest BCUT2D eigenvalue weighted by atomic mass is 16.1. The van der Waals surface area contributed by atoms with Gasteiger partial charge in [0.05, 0.1) is 0 Å². The summed E-state index contributed by atoms with van der Waals surface area (Å²) in [5.74, 6) is 0.294. The third-order valence-corrected chi connectivity index (χ3v) is 4.87. The first-order valence-electron chi connectivity index (χ1n) is 9.38. The second-order valence-electron chi connectivity index (χ2n) is 7.29. The third-order valence-electron chi connectivity index (χ3n) is 4.87. The zero-order valence-corrected chi connectivity index (χ0v) is 15.7. The van der Waals surface area contributed by atoms with Crippen LogP contribution in [0.4, 0.5) is 0 Å². The van der Waals surface area contributed by atoms with Crippen molar-refractivity contribution in [2.45, 2.75) is 32.4 Å². The van der Waals surface area contributed by atoms with Crippen LogP contribution >= 0.6 is 0 Å². The molecule has 1 amide bonds. The first-order chi connectivity index (χ1) is 12.6. The van der Waals surface area contributed by atoms with E-state index in [4.69, 9.17) is 0 Å². The highest BCUT2D eigenvalue weighted by Gasteiger charge is 2.18. The molecule has 3 rings (SSSR count). The van der Waals surface area contributed by atoms with E-state index < -0.39 is 0 Å². The maximum absolute atomic E-state index is 12.4. The van der Waals surface area contributed by atoms with E-state index in [0.717, 1.165) is 31.4 Å². The molecule has 0 aromatic heterocycles. The lowest BCUT2D eigenvalue weighted by Crippen LogP contribution is -2.30. The van der Waals surface area contributed by atoms with Gasteiger partial charge in [-0.05, 0) is 55.6 Å². The Morgan fingerprint density at radius 3 is 2.54 bits per heavy atom. The summed E-state index contributed by atoms with van der Waals surface area (Å²) in [6.07, 6.45) is 7.11. The van der Waals surface area contributed by atoms with Crippen molar-refractivity contribution in [1.82, 2.24) is 10.2 Å². The van der Waals surface area contributed by atoms with Crippen molar-refractivity contribution >= 4 is 5.91 Å². The Bertz CT molecular complexity index is 762. The summed E-state index contributed by atoms with van der Waals surface area (Å²) in [6.45, 7) is 1.52. The fourth-order valence-electron chi connectivity index (χ4n) is 3.47. The number of carbonyl (C=O) groups is 1. The number of rotatable bonds is 6. The highest BCUT2D eigenvalue weighted by Crippen LogP contribution is 2.25. The predicted molar refractivity (Wildman–Crippen MR) is 108 cm³/mol. The zero-order chi connectivity index (χ0) is 18.4. The van der Waals surface area contributed by atoms with Gasteiger partial charge >= 0.3 is 0 Å². The summed E-state index contributed by atoms with van der Waals surface area (Å²) in [7, 11) is 4.15. The van der Waals surface area contributed by atoms with Crippen molar-refractivity contribution in [3.05, 3.63) is 71.8 Å². The molecule has 0 saturated heterocycles. The van der Waals surface area contributed by atoms with Crippen molar-refractivity contribution in [2.75, 3.05) is 14.1 Å². The van der Waals surface area contributed by atoms with Gasteiger partial charge in [-0.2, -0.15) is 0 Å².